The van der Waals surface area contributed by atoms with Gasteiger partial charge in [-0.15, -0.1) is 32.9 Å². The summed E-state index contributed by atoms with van der Waals surface area (Å²) in [5, 5.41) is 27.4. The van der Waals surface area contributed by atoms with Crippen molar-refractivity contribution >= 4 is 69.5 Å². The zero-order valence-corrected chi connectivity index (χ0v) is 45.7. The maximum absolute atomic E-state index is 14.3. The number of thiazole rings is 1. The number of fused-ring (bicyclic) bond motifs is 3. The number of benzene rings is 2. The molecule has 5 aromatic rings. The minimum atomic E-state index is -0.959. The Morgan fingerprint density at radius 1 is 0.865 bits per heavy atom. The van der Waals surface area contributed by atoms with E-state index in [1.807, 2.05) is 115 Å². The Hall–Kier alpha value is -5.86. The molecular formula is C54H66ClN11O6S2. The van der Waals surface area contributed by atoms with Gasteiger partial charge in [-0.3, -0.25) is 38.4 Å². The lowest BCUT2D eigenvalue weighted by Gasteiger charge is -2.39. The molecule has 392 valence electrons. The molecule has 3 aromatic heterocycles. The van der Waals surface area contributed by atoms with E-state index in [9.17, 15) is 29.1 Å². The molecule has 20 heteroatoms. The van der Waals surface area contributed by atoms with Crippen LogP contribution in [0, 0.1) is 39.0 Å². The van der Waals surface area contributed by atoms with Crippen LogP contribution in [-0.2, 0) is 24.0 Å². The van der Waals surface area contributed by atoms with E-state index in [2.05, 4.69) is 39.7 Å². The number of nitrogens with one attached hydrogen (secondary N) is 2. The Kier molecular flexibility index (Phi) is 15.6. The number of rotatable bonds is 12. The molecule has 3 saturated heterocycles. The molecule has 3 fully saturated rings. The number of aliphatic hydroxyl groups is 1. The number of aryl methyl sites for hydroxylation is 3. The molecule has 0 radical (unpaired) electrons. The molecule has 4 aliphatic heterocycles. The van der Waals surface area contributed by atoms with Gasteiger partial charge < -0.3 is 30.4 Å². The van der Waals surface area contributed by atoms with Crippen molar-refractivity contribution in [3.63, 3.8) is 0 Å². The van der Waals surface area contributed by atoms with Gasteiger partial charge in [0.25, 0.3) is 0 Å². The smallest absolute Gasteiger partial charge is 0.246 e. The Morgan fingerprint density at radius 2 is 1.53 bits per heavy atom. The standard InChI is InChI=1S/C54H66ClN11O6S2/c1-30-33(4)74-53-45(30)46(36-13-15-39(55)16-14-36)58-41(49-61-60-34(5)66(49)53)26-44(69)63-21-23-64(24-22-63)51(71)38-17-19-62(20-18-38)28-43(68)59-48(54(6,7)8)52(72)65-27-40(67)25-42(65)50(70)57-31(2)35-9-11-37(12-10-35)47-32(3)56-29-73-47/h9-16,29,31,38,40-42,48,67H,17-28H2,1-8H3,(H,57,70)(H,59,68)/t31-,40+,41-,42?,48+/m0/s1. The summed E-state index contributed by atoms with van der Waals surface area (Å²) in [6, 6.07) is 12.7. The topological polar surface area (TPSA) is 199 Å². The van der Waals surface area contributed by atoms with Gasteiger partial charge >= 0.3 is 0 Å². The maximum atomic E-state index is 14.3. The minimum Gasteiger partial charge on any atom is -0.391 e. The molecule has 3 N–H and O–H groups in total. The van der Waals surface area contributed by atoms with Crippen molar-refractivity contribution in [2.75, 3.05) is 52.4 Å². The second-order valence-corrected chi connectivity index (χ2v) is 23.7. The molecule has 7 heterocycles. The van der Waals surface area contributed by atoms with Gasteiger partial charge in [-0.25, -0.2) is 4.98 Å². The van der Waals surface area contributed by atoms with Crippen LogP contribution in [0.15, 0.2) is 59.0 Å². The lowest BCUT2D eigenvalue weighted by Crippen LogP contribution is -2.59. The number of likely N-dealkylation sites (tertiary alicyclic amines) is 2. The van der Waals surface area contributed by atoms with Crippen LogP contribution in [0.3, 0.4) is 0 Å². The normalized spacial score (nSPS) is 20.3. The fourth-order valence-electron chi connectivity index (χ4n) is 10.6. The van der Waals surface area contributed by atoms with Gasteiger partial charge in [-0.2, -0.15) is 0 Å². The molecule has 5 amide bonds. The van der Waals surface area contributed by atoms with Crippen LogP contribution < -0.4 is 10.6 Å². The zero-order chi connectivity index (χ0) is 52.7. The van der Waals surface area contributed by atoms with Crippen molar-refractivity contribution in [3.8, 4) is 15.4 Å². The van der Waals surface area contributed by atoms with Crippen LogP contribution in [-0.4, -0.2) is 150 Å². The van der Waals surface area contributed by atoms with E-state index in [4.69, 9.17) is 16.6 Å². The summed E-state index contributed by atoms with van der Waals surface area (Å²) < 4.78 is 2.04. The first-order valence-corrected chi connectivity index (χ1v) is 27.6. The van der Waals surface area contributed by atoms with Crippen LogP contribution in [0.5, 0.6) is 0 Å². The van der Waals surface area contributed by atoms with Gasteiger partial charge in [0, 0.05) is 66.1 Å². The highest BCUT2D eigenvalue weighted by atomic mass is 35.5. The summed E-state index contributed by atoms with van der Waals surface area (Å²) >= 11 is 9.53. The highest BCUT2D eigenvalue weighted by Gasteiger charge is 2.45. The average Bonchev–Trinajstić information content (AvgIpc) is 4.15. The van der Waals surface area contributed by atoms with E-state index in [-0.39, 0.29) is 61.5 Å². The summed E-state index contributed by atoms with van der Waals surface area (Å²) in [6.45, 7) is 18.3. The SMILES string of the molecule is Cc1ncsc1-c1ccc([C@H](C)NC(=O)C2C[C@@H](O)CN2C(=O)[C@@H](NC(=O)CN2CCC(C(=O)N3CCN(C(=O)C[C@@H]4N=C(c5ccc(Cl)cc5)c5c(sc(C)c5C)-n5c(C)nnc54)CC3)CC2)C(C)(C)C)cc1. The highest BCUT2D eigenvalue weighted by Crippen LogP contribution is 2.40. The number of aliphatic imine (C=N–C) groups is 1. The van der Waals surface area contributed by atoms with E-state index in [0.29, 0.717) is 63.0 Å². The second kappa shape index (κ2) is 21.8. The van der Waals surface area contributed by atoms with Crippen LogP contribution >= 0.6 is 34.3 Å². The van der Waals surface area contributed by atoms with E-state index in [1.165, 1.54) is 4.90 Å². The number of nitrogens with zero attached hydrogens (tertiary/aromatic N) is 9. The van der Waals surface area contributed by atoms with Crippen LogP contribution in [0.4, 0.5) is 0 Å². The number of β-amino-alcohol motifs (C(OH)–C–C–N with tert-alkyl or cyclic N) is 1. The van der Waals surface area contributed by atoms with E-state index in [1.54, 1.807) is 22.7 Å². The van der Waals surface area contributed by atoms with Gasteiger partial charge in [0.2, 0.25) is 29.5 Å². The first-order chi connectivity index (χ1) is 35.2. The van der Waals surface area contributed by atoms with Gasteiger partial charge in [-0.05, 0) is 94.8 Å². The first-order valence-electron chi connectivity index (χ1n) is 25.5. The van der Waals surface area contributed by atoms with Crippen molar-refractivity contribution < 1.29 is 29.1 Å². The fourth-order valence-corrected chi connectivity index (χ4v) is 12.8. The van der Waals surface area contributed by atoms with Crippen molar-refractivity contribution in [2.45, 2.75) is 111 Å². The molecule has 74 heavy (non-hydrogen) atoms. The number of carbonyl (C=O) groups is 5. The van der Waals surface area contributed by atoms with E-state index in [0.717, 1.165) is 59.8 Å². The monoisotopic (exact) mass is 1060 g/mol. The van der Waals surface area contributed by atoms with Crippen molar-refractivity contribution in [2.24, 2.45) is 16.3 Å². The van der Waals surface area contributed by atoms with E-state index < -0.39 is 35.6 Å². The quantitative estimate of drug-likeness (QED) is 0.126. The second-order valence-electron chi connectivity index (χ2n) is 21.2. The Bertz CT molecular complexity index is 2950. The molecule has 0 aliphatic carbocycles. The number of aromatic nitrogens is 4. The van der Waals surface area contributed by atoms with Crippen LogP contribution in [0.2, 0.25) is 5.02 Å². The van der Waals surface area contributed by atoms with Gasteiger partial charge in [0.15, 0.2) is 5.82 Å². The number of hydrogen-bond acceptors (Lipinski definition) is 13. The molecular weight excluding hydrogens is 998 g/mol. The number of carbonyl (C=O) groups excluding carboxylic acids is 5. The Labute approximate surface area is 445 Å². The van der Waals surface area contributed by atoms with Crippen LogP contribution in [0.25, 0.3) is 15.4 Å². The summed E-state index contributed by atoms with van der Waals surface area (Å²) in [4.78, 5) is 88.8. The minimum absolute atomic E-state index is 0.0212. The Balaban J connectivity index is 0.760. The molecule has 2 aromatic carbocycles. The number of amides is 5. The van der Waals surface area contributed by atoms with Crippen molar-refractivity contribution in [3.05, 3.63) is 104 Å². The Morgan fingerprint density at radius 3 is 2.18 bits per heavy atom. The third-order valence-corrected chi connectivity index (χ3v) is 17.5. The average molecular weight is 1060 g/mol. The van der Waals surface area contributed by atoms with Gasteiger partial charge in [0.05, 0.1) is 46.9 Å². The molecule has 0 spiro atoms. The van der Waals surface area contributed by atoms with Gasteiger partial charge in [0.1, 0.15) is 29.0 Å². The van der Waals surface area contributed by atoms with Crippen LogP contribution in [0.1, 0.15) is 110 Å². The van der Waals surface area contributed by atoms with E-state index >= 15 is 0 Å². The number of aliphatic hydroxyl groups excluding tert-OH is 1. The predicted octanol–water partition coefficient (Wildman–Crippen LogP) is 6.37. The van der Waals surface area contributed by atoms with Crippen molar-refractivity contribution in [1.29, 1.82) is 0 Å². The number of thiophene rings is 1. The molecule has 17 nitrogen and oxygen atoms in total. The number of piperidine rings is 1. The van der Waals surface area contributed by atoms with Crippen molar-refractivity contribution in [1.82, 2.24) is 50.0 Å². The molecule has 0 bridgehead atoms. The predicted molar refractivity (Wildman–Crippen MR) is 287 cm³/mol. The third-order valence-electron chi connectivity index (χ3n) is 15.0. The number of piperazine rings is 1. The summed E-state index contributed by atoms with van der Waals surface area (Å²) in [5.74, 6) is -0.00596. The first kappa shape index (κ1) is 53.0. The summed E-state index contributed by atoms with van der Waals surface area (Å²) in [5.41, 5.74) is 7.81. The number of hydrogen-bond donors (Lipinski definition) is 3. The molecule has 9 rings (SSSR count). The highest BCUT2D eigenvalue weighted by molar-refractivity contribution is 7.15. The number of halogens is 1. The molecule has 4 aliphatic rings. The van der Waals surface area contributed by atoms with Gasteiger partial charge in [-0.1, -0.05) is 68.8 Å². The maximum Gasteiger partial charge on any atom is 0.246 e. The molecule has 1 unspecified atom stereocenters. The molecule has 5 atom stereocenters. The summed E-state index contributed by atoms with van der Waals surface area (Å²) in [7, 11) is 0. The largest absolute Gasteiger partial charge is 0.391 e. The third kappa shape index (κ3) is 11.1. The fraction of sp³-hybridized carbons (Fsp3) is 0.500. The summed E-state index contributed by atoms with van der Waals surface area (Å²) in [6.07, 6.45) is 0.440. The molecule has 0 saturated carbocycles. The lowest BCUT2D eigenvalue weighted by atomic mass is 9.85. The zero-order valence-electron chi connectivity index (χ0n) is 43.4. The lowest BCUT2D eigenvalue weighted by molar-refractivity contribution is -0.144.